The van der Waals surface area contributed by atoms with E-state index in [1.165, 1.54) is 189 Å². The zero-order chi connectivity index (χ0) is 79.2. The molecule has 0 atom stereocenters. The fourth-order valence-corrected chi connectivity index (χ4v) is 21.1. The van der Waals surface area contributed by atoms with Crippen LogP contribution in [0.25, 0.3) is 133 Å². The van der Waals surface area contributed by atoms with E-state index in [0.29, 0.717) is 0 Å². The second-order valence-corrected chi connectivity index (χ2v) is 36.0. The molecule has 5 aliphatic carbocycles. The van der Waals surface area contributed by atoms with Crippen LogP contribution in [-0.2, 0) is 27.1 Å². The van der Waals surface area contributed by atoms with E-state index >= 15 is 0 Å². The smallest absolute Gasteiger partial charge is 0.0465 e. The van der Waals surface area contributed by atoms with Gasteiger partial charge in [-0.2, -0.15) is 0 Å². The molecule has 0 amide bonds. The minimum Gasteiger partial charge on any atom is -0.310 e. The van der Waals surface area contributed by atoms with Gasteiger partial charge in [-0.15, -0.1) is 0 Å². The lowest BCUT2D eigenvalue weighted by atomic mass is 9.81. The summed E-state index contributed by atoms with van der Waals surface area (Å²) in [5.74, 6) is 0. The Balaban J connectivity index is 0.563. The third-order valence-corrected chi connectivity index (χ3v) is 27.7. The van der Waals surface area contributed by atoms with Crippen molar-refractivity contribution < 1.29 is 0 Å². The third kappa shape index (κ3) is 10.9. The molecule has 17 aromatic carbocycles. The minimum absolute atomic E-state index is 0.156. The van der Waals surface area contributed by atoms with Gasteiger partial charge < -0.3 is 9.80 Å². The van der Waals surface area contributed by atoms with Crippen LogP contribution in [0.3, 0.4) is 0 Å². The minimum atomic E-state index is -0.290. The maximum Gasteiger partial charge on any atom is 0.0465 e. The van der Waals surface area contributed by atoms with Gasteiger partial charge in [0.2, 0.25) is 0 Å². The van der Waals surface area contributed by atoms with Gasteiger partial charge >= 0.3 is 0 Å². The molecule has 0 heterocycles. The first-order valence-corrected chi connectivity index (χ1v) is 41.7. The lowest BCUT2D eigenvalue weighted by Crippen LogP contribution is -2.19. The molecule has 0 unspecified atom stereocenters. The van der Waals surface area contributed by atoms with E-state index in [4.69, 9.17) is 0 Å². The Hall–Kier alpha value is -13.4. The summed E-state index contributed by atoms with van der Waals surface area (Å²) in [7, 11) is 0. The first-order valence-electron chi connectivity index (χ1n) is 41.7. The van der Waals surface area contributed by atoms with Crippen molar-refractivity contribution >= 4 is 44.9 Å². The van der Waals surface area contributed by atoms with Gasteiger partial charge in [-0.05, 0) is 292 Å². The predicted octanol–water partition coefficient (Wildman–Crippen LogP) is 31.3. The van der Waals surface area contributed by atoms with E-state index in [0.717, 1.165) is 34.1 Å². The van der Waals surface area contributed by atoms with Crippen LogP contribution in [0.2, 0.25) is 0 Å². The summed E-state index contributed by atoms with van der Waals surface area (Å²) >= 11 is 0. The highest BCUT2D eigenvalue weighted by atomic mass is 15.1. The number of fused-ring (bicyclic) bond motifs is 16. The second-order valence-electron chi connectivity index (χ2n) is 36.0. The standard InChI is InChI=1S/C115H90N2/c1-111(2)101-27-19-17-25-91(101)96-56-48-86(66-106(96)111)116(87-49-58-98-93-53-43-82(63-103(93)113(5,6)108(98)67-87)75-33-29-73(30-34-75)71-21-13-11-14-22-71)85-46-41-77(42-47-85)78-37-38-80-62-81(40-39-79(80)61-78)84-45-55-95-100-60-52-90(70-110(100)115(9,10)105(95)65-84)117(88-50-57-97-92-26-18-20-28-102(92)112(3,4)107(97)68-88)89-51-59-99-94-54-44-83(64-104(94)114(7,8)109(99)69-89)76-35-31-74(32-36-76)72-23-15-12-16-24-72/h11-70H,1-10H3. The number of rotatable bonds is 12. The molecule has 0 bridgehead atoms. The number of benzene rings is 17. The number of hydrogen-bond acceptors (Lipinski definition) is 2. The highest BCUT2D eigenvalue weighted by Gasteiger charge is 2.43. The lowest BCUT2D eigenvalue weighted by molar-refractivity contribution is 0.659. The molecule has 0 radical (unpaired) electrons. The van der Waals surface area contributed by atoms with Crippen LogP contribution in [0.4, 0.5) is 34.1 Å². The monoisotopic (exact) mass is 1500 g/mol. The van der Waals surface area contributed by atoms with Crippen molar-refractivity contribution in [2.75, 3.05) is 9.80 Å². The van der Waals surface area contributed by atoms with Crippen LogP contribution in [0.15, 0.2) is 364 Å². The van der Waals surface area contributed by atoms with E-state index in [1.54, 1.807) is 0 Å². The van der Waals surface area contributed by atoms with E-state index in [-0.39, 0.29) is 27.1 Å². The molecule has 0 spiro atoms. The Morgan fingerprint density at radius 2 is 0.325 bits per heavy atom. The predicted molar refractivity (Wildman–Crippen MR) is 494 cm³/mol. The van der Waals surface area contributed by atoms with Crippen LogP contribution in [0.1, 0.15) is 125 Å². The van der Waals surface area contributed by atoms with E-state index in [9.17, 15) is 0 Å². The number of hydrogen-bond donors (Lipinski definition) is 0. The molecule has 0 aliphatic heterocycles. The SMILES string of the molecule is CC1(C)c2ccccc2-c2ccc(N(c3ccc(-c4ccc5cc(-c6ccc7c(c6)C(C)(C)c6cc(N(c8ccc9c(c8)C(C)(C)c8ccccc8-9)c8ccc9c(c8)C(C)(C)c8cc(-c%10ccc(-c%11ccccc%11)cc%10)ccc8-9)ccc6-7)ccc5c4)cc3)c3ccc4c(c3)C(C)(C)c3cc(-c5ccc(-c6ccccc6)cc5)ccc3-4)cc21. The van der Waals surface area contributed by atoms with Crippen molar-refractivity contribution in [2.24, 2.45) is 0 Å². The average Bonchev–Trinajstić information content (AvgIpc) is 1.61. The molecule has 0 fully saturated rings. The van der Waals surface area contributed by atoms with Gasteiger partial charge in [0, 0.05) is 61.2 Å². The molecule has 17 aromatic rings. The summed E-state index contributed by atoms with van der Waals surface area (Å²) < 4.78 is 0. The first-order chi connectivity index (χ1) is 56.7. The molecule has 2 nitrogen and oxygen atoms in total. The second kappa shape index (κ2) is 25.8. The van der Waals surface area contributed by atoms with Gasteiger partial charge in [0.1, 0.15) is 0 Å². The van der Waals surface area contributed by atoms with Crippen molar-refractivity contribution in [1.29, 1.82) is 0 Å². The first kappa shape index (κ1) is 70.2. The van der Waals surface area contributed by atoms with Crippen LogP contribution < -0.4 is 9.80 Å². The van der Waals surface area contributed by atoms with Gasteiger partial charge in [0.25, 0.3) is 0 Å². The zero-order valence-corrected chi connectivity index (χ0v) is 68.0. The summed E-state index contributed by atoms with van der Waals surface area (Å²) in [6.45, 7) is 24.1. The van der Waals surface area contributed by atoms with E-state index < -0.39 is 0 Å². The molecule has 0 saturated heterocycles. The third-order valence-electron chi connectivity index (χ3n) is 27.7. The summed E-state index contributed by atoms with van der Waals surface area (Å²) in [5.41, 5.74) is 47.1. The molecule has 0 saturated carbocycles. The summed E-state index contributed by atoms with van der Waals surface area (Å²) in [6, 6.07) is 138. The van der Waals surface area contributed by atoms with Crippen molar-refractivity contribution in [1.82, 2.24) is 0 Å². The highest BCUT2D eigenvalue weighted by molar-refractivity contribution is 5.97. The Labute approximate surface area is 688 Å². The maximum absolute atomic E-state index is 2.54. The number of anilines is 6. The molecule has 5 aliphatic rings. The van der Waals surface area contributed by atoms with Crippen molar-refractivity contribution in [3.8, 4) is 122 Å². The molecule has 22 rings (SSSR count). The molecule has 0 N–H and O–H groups in total. The Morgan fingerprint density at radius 1 is 0.137 bits per heavy atom. The van der Waals surface area contributed by atoms with Crippen molar-refractivity contribution in [2.45, 2.75) is 96.3 Å². The van der Waals surface area contributed by atoms with Crippen molar-refractivity contribution in [3.05, 3.63) is 420 Å². The van der Waals surface area contributed by atoms with Crippen LogP contribution in [-0.4, -0.2) is 0 Å². The van der Waals surface area contributed by atoms with Gasteiger partial charge in [0.05, 0.1) is 0 Å². The van der Waals surface area contributed by atoms with E-state index in [1.807, 2.05) is 0 Å². The Bertz CT molecular complexity index is 6990. The summed E-state index contributed by atoms with van der Waals surface area (Å²) in [6.07, 6.45) is 0. The van der Waals surface area contributed by atoms with Gasteiger partial charge in [0.15, 0.2) is 0 Å². The maximum atomic E-state index is 2.54. The zero-order valence-electron chi connectivity index (χ0n) is 68.0. The van der Waals surface area contributed by atoms with Gasteiger partial charge in [-0.25, -0.2) is 0 Å². The van der Waals surface area contributed by atoms with Crippen LogP contribution in [0.5, 0.6) is 0 Å². The van der Waals surface area contributed by atoms with Crippen LogP contribution >= 0.6 is 0 Å². The van der Waals surface area contributed by atoms with E-state index in [2.05, 4.69) is 443 Å². The summed E-state index contributed by atoms with van der Waals surface area (Å²) in [5, 5.41) is 2.43. The molecule has 0 aromatic heterocycles. The fraction of sp³-hybridized carbons (Fsp3) is 0.130. The molecule has 117 heavy (non-hydrogen) atoms. The Morgan fingerprint density at radius 3 is 0.650 bits per heavy atom. The number of nitrogens with zero attached hydrogens (tertiary/aromatic N) is 2. The average molecular weight is 1500 g/mol. The molecular formula is C115H90N2. The van der Waals surface area contributed by atoms with Crippen molar-refractivity contribution in [3.63, 3.8) is 0 Å². The van der Waals surface area contributed by atoms with Crippen LogP contribution in [0, 0.1) is 0 Å². The molecular weight excluding hydrogens is 1410 g/mol. The Kier molecular flexibility index (Phi) is 15.5. The topological polar surface area (TPSA) is 6.48 Å². The van der Waals surface area contributed by atoms with Gasteiger partial charge in [-0.1, -0.05) is 330 Å². The quantitative estimate of drug-likeness (QED) is 0.120. The highest BCUT2D eigenvalue weighted by Crippen LogP contribution is 2.59. The fourth-order valence-electron chi connectivity index (χ4n) is 21.1. The summed E-state index contributed by atoms with van der Waals surface area (Å²) in [4.78, 5) is 5.03. The largest absolute Gasteiger partial charge is 0.310 e. The molecule has 560 valence electrons. The normalized spacial score (nSPS) is 14.9. The lowest BCUT2D eigenvalue weighted by Gasteiger charge is -2.31. The molecule has 2 heteroatoms. The van der Waals surface area contributed by atoms with Gasteiger partial charge in [-0.3, -0.25) is 0 Å².